The smallest absolute Gasteiger partial charge is 0.236 e. The number of aliphatic hydroxyl groups excluding tert-OH is 1. The van der Waals surface area contributed by atoms with Crippen LogP contribution in [0.4, 0.5) is 0 Å². The number of carbonyl (C=O) groups excluding carboxylic acids is 1. The molecule has 0 spiro atoms. The summed E-state index contributed by atoms with van der Waals surface area (Å²) in [5, 5.41) is 11.8. The molecule has 1 atom stereocenters. The van der Waals surface area contributed by atoms with Gasteiger partial charge in [0.15, 0.2) is 0 Å². The summed E-state index contributed by atoms with van der Waals surface area (Å²) in [4.78, 5) is 11.5. The van der Waals surface area contributed by atoms with E-state index in [1.807, 2.05) is 0 Å². The van der Waals surface area contributed by atoms with Crippen molar-refractivity contribution in [2.24, 2.45) is 0 Å². The first-order chi connectivity index (χ1) is 6.04. The largest absolute Gasteiger partial charge is 0.393 e. The van der Waals surface area contributed by atoms with Gasteiger partial charge in [-0.2, -0.15) is 0 Å². The van der Waals surface area contributed by atoms with Crippen molar-refractivity contribution < 1.29 is 9.90 Å². The second kappa shape index (κ2) is 4.42. The topological polar surface area (TPSA) is 49.3 Å². The highest BCUT2D eigenvalue weighted by atomic mass is 79.9. The molecule has 0 aromatic rings. The second-order valence-corrected chi connectivity index (χ2v) is 5.23. The van der Waals surface area contributed by atoms with Crippen LogP contribution >= 0.6 is 15.9 Å². The summed E-state index contributed by atoms with van der Waals surface area (Å²) < 4.78 is -0.300. The van der Waals surface area contributed by atoms with Crippen molar-refractivity contribution in [3.63, 3.8) is 0 Å². The molecule has 1 saturated carbocycles. The molecule has 1 unspecified atom stereocenters. The number of amides is 1. The van der Waals surface area contributed by atoms with Crippen molar-refractivity contribution in [2.45, 2.75) is 43.0 Å². The van der Waals surface area contributed by atoms with E-state index in [2.05, 4.69) is 21.2 Å². The lowest BCUT2D eigenvalue weighted by Crippen LogP contribution is -2.47. The van der Waals surface area contributed by atoms with E-state index in [4.69, 9.17) is 5.11 Å². The van der Waals surface area contributed by atoms with E-state index in [0.29, 0.717) is 13.0 Å². The Labute approximate surface area is 87.0 Å². The molecule has 0 heterocycles. The summed E-state index contributed by atoms with van der Waals surface area (Å²) in [6.45, 7) is 2.28. The van der Waals surface area contributed by atoms with E-state index in [9.17, 15) is 4.79 Å². The lowest BCUT2D eigenvalue weighted by Gasteiger charge is -2.34. The summed E-state index contributed by atoms with van der Waals surface area (Å²) >= 11 is 3.43. The van der Waals surface area contributed by atoms with Gasteiger partial charge in [0, 0.05) is 6.54 Å². The van der Waals surface area contributed by atoms with Gasteiger partial charge in [-0.25, -0.2) is 0 Å². The third-order valence-corrected chi connectivity index (χ3v) is 3.55. The first-order valence-corrected chi connectivity index (χ1v) is 5.49. The lowest BCUT2D eigenvalue weighted by molar-refractivity contribution is -0.125. The Hall–Kier alpha value is -0.0900. The van der Waals surface area contributed by atoms with Crippen LogP contribution in [0.3, 0.4) is 0 Å². The third kappa shape index (κ3) is 2.95. The van der Waals surface area contributed by atoms with Crippen LogP contribution in [0.5, 0.6) is 0 Å². The monoisotopic (exact) mass is 249 g/mol. The number of aliphatic hydroxyl groups is 1. The molecule has 2 N–H and O–H groups in total. The van der Waals surface area contributed by atoms with Crippen LogP contribution < -0.4 is 5.32 Å². The number of carbonyl (C=O) groups is 1. The average Bonchev–Trinajstić information content (AvgIpc) is 1.99. The first-order valence-electron chi connectivity index (χ1n) is 4.70. The zero-order valence-electron chi connectivity index (χ0n) is 7.85. The molecule has 1 fully saturated rings. The van der Waals surface area contributed by atoms with E-state index in [0.717, 1.165) is 19.3 Å². The summed E-state index contributed by atoms with van der Waals surface area (Å²) in [5.74, 6) is 0.0689. The standard InChI is InChI=1S/C9H16BrNO2/c1-7(12)3-6-11-8(13)9(10)4-2-5-9/h7,12H,2-6H2,1H3,(H,11,13). The molecule has 0 aromatic heterocycles. The Morgan fingerprint density at radius 1 is 1.69 bits per heavy atom. The molecule has 0 saturated heterocycles. The molecule has 76 valence electrons. The lowest BCUT2D eigenvalue weighted by atomic mass is 9.84. The molecule has 1 aliphatic rings. The molecular formula is C9H16BrNO2. The Morgan fingerprint density at radius 3 is 2.69 bits per heavy atom. The summed E-state index contributed by atoms with van der Waals surface area (Å²) in [7, 11) is 0. The zero-order chi connectivity index (χ0) is 9.90. The first kappa shape index (κ1) is 11.0. The molecule has 0 bridgehead atoms. The van der Waals surface area contributed by atoms with Crippen molar-refractivity contribution >= 4 is 21.8 Å². The molecule has 1 aliphatic carbocycles. The molecule has 13 heavy (non-hydrogen) atoms. The van der Waals surface area contributed by atoms with Gasteiger partial charge in [0.25, 0.3) is 0 Å². The van der Waals surface area contributed by atoms with E-state index >= 15 is 0 Å². The van der Waals surface area contributed by atoms with Crippen LogP contribution in [0.15, 0.2) is 0 Å². The molecule has 3 nitrogen and oxygen atoms in total. The molecular weight excluding hydrogens is 234 g/mol. The van der Waals surface area contributed by atoms with Gasteiger partial charge in [0.2, 0.25) is 5.91 Å². The predicted molar refractivity (Wildman–Crippen MR) is 54.8 cm³/mol. The molecule has 0 aliphatic heterocycles. The van der Waals surface area contributed by atoms with Gasteiger partial charge in [0.1, 0.15) is 4.32 Å². The van der Waals surface area contributed by atoms with Crippen LogP contribution in [0.25, 0.3) is 0 Å². The Balaban J connectivity index is 2.18. The molecule has 1 rings (SSSR count). The predicted octanol–water partition coefficient (Wildman–Crippen LogP) is 1.19. The SMILES string of the molecule is CC(O)CCNC(=O)C1(Br)CCC1. The van der Waals surface area contributed by atoms with Crippen molar-refractivity contribution in [2.75, 3.05) is 6.54 Å². The number of nitrogens with one attached hydrogen (secondary N) is 1. The van der Waals surface area contributed by atoms with E-state index < -0.39 is 0 Å². The molecule has 4 heteroatoms. The Bertz CT molecular complexity index is 190. The summed E-state index contributed by atoms with van der Waals surface area (Å²) in [6.07, 6.45) is 3.25. The fraction of sp³-hybridized carbons (Fsp3) is 0.889. The fourth-order valence-electron chi connectivity index (χ4n) is 1.27. The normalized spacial score (nSPS) is 21.8. The zero-order valence-corrected chi connectivity index (χ0v) is 9.43. The van der Waals surface area contributed by atoms with E-state index in [1.54, 1.807) is 6.92 Å². The van der Waals surface area contributed by atoms with Gasteiger partial charge < -0.3 is 10.4 Å². The van der Waals surface area contributed by atoms with Crippen LogP contribution in [0, 0.1) is 0 Å². The quantitative estimate of drug-likeness (QED) is 0.736. The summed E-state index contributed by atoms with van der Waals surface area (Å²) in [5.41, 5.74) is 0. The van der Waals surface area contributed by atoms with Crippen molar-refractivity contribution in [1.29, 1.82) is 0 Å². The minimum Gasteiger partial charge on any atom is -0.393 e. The van der Waals surface area contributed by atoms with Crippen LogP contribution in [-0.4, -0.2) is 28.0 Å². The van der Waals surface area contributed by atoms with Gasteiger partial charge in [0.05, 0.1) is 6.10 Å². The van der Waals surface area contributed by atoms with Crippen molar-refractivity contribution in [1.82, 2.24) is 5.32 Å². The van der Waals surface area contributed by atoms with E-state index in [-0.39, 0.29) is 16.3 Å². The van der Waals surface area contributed by atoms with Crippen LogP contribution in [0.2, 0.25) is 0 Å². The highest BCUT2D eigenvalue weighted by molar-refractivity contribution is 9.10. The number of hydrogen-bond acceptors (Lipinski definition) is 2. The number of rotatable bonds is 4. The second-order valence-electron chi connectivity index (χ2n) is 3.71. The Morgan fingerprint density at radius 2 is 2.31 bits per heavy atom. The van der Waals surface area contributed by atoms with Gasteiger partial charge in [-0.1, -0.05) is 15.9 Å². The number of halogens is 1. The maximum atomic E-state index is 11.5. The minimum atomic E-state index is -0.340. The maximum absolute atomic E-state index is 11.5. The average molecular weight is 250 g/mol. The van der Waals surface area contributed by atoms with Crippen molar-refractivity contribution in [3.05, 3.63) is 0 Å². The highest BCUT2D eigenvalue weighted by Crippen LogP contribution is 2.40. The molecule has 0 radical (unpaired) electrons. The van der Waals surface area contributed by atoms with Crippen LogP contribution in [0.1, 0.15) is 32.6 Å². The number of alkyl halides is 1. The van der Waals surface area contributed by atoms with Gasteiger partial charge in [-0.15, -0.1) is 0 Å². The van der Waals surface area contributed by atoms with E-state index in [1.165, 1.54) is 0 Å². The molecule has 1 amide bonds. The van der Waals surface area contributed by atoms with Gasteiger partial charge in [-0.05, 0) is 32.6 Å². The minimum absolute atomic E-state index is 0.0689. The maximum Gasteiger partial charge on any atom is 0.236 e. The van der Waals surface area contributed by atoms with Crippen molar-refractivity contribution in [3.8, 4) is 0 Å². The molecule has 0 aromatic carbocycles. The fourth-order valence-corrected chi connectivity index (χ4v) is 1.97. The van der Waals surface area contributed by atoms with Crippen LogP contribution in [-0.2, 0) is 4.79 Å². The highest BCUT2D eigenvalue weighted by Gasteiger charge is 2.41. The van der Waals surface area contributed by atoms with Gasteiger partial charge >= 0.3 is 0 Å². The number of hydrogen-bond donors (Lipinski definition) is 2. The third-order valence-electron chi connectivity index (χ3n) is 2.40. The Kier molecular flexibility index (Phi) is 3.74. The van der Waals surface area contributed by atoms with Gasteiger partial charge in [-0.3, -0.25) is 4.79 Å². The summed E-state index contributed by atoms with van der Waals surface area (Å²) in [6, 6.07) is 0.